The van der Waals surface area contributed by atoms with E-state index in [1.165, 1.54) is 12.1 Å². The van der Waals surface area contributed by atoms with E-state index in [1.807, 2.05) is 0 Å². The second-order valence-electron chi connectivity index (χ2n) is 5.61. The lowest BCUT2D eigenvalue weighted by molar-refractivity contribution is 0.267. The van der Waals surface area contributed by atoms with Crippen LogP contribution in [0.1, 0.15) is 12.8 Å². The molecule has 0 saturated heterocycles. The summed E-state index contributed by atoms with van der Waals surface area (Å²) >= 11 is 3.39. The Bertz CT molecular complexity index is 862. The summed E-state index contributed by atoms with van der Waals surface area (Å²) in [5.41, 5.74) is 0.562. The highest BCUT2D eigenvalue weighted by Crippen LogP contribution is 2.24. The second-order valence-corrected chi connectivity index (χ2v) is 8.23. The topological polar surface area (TPSA) is 116 Å². The van der Waals surface area contributed by atoms with Gasteiger partial charge in [0.25, 0.3) is 0 Å². The Hall–Kier alpha value is -1.75. The summed E-state index contributed by atoms with van der Waals surface area (Å²) in [6.45, 7) is 0.194. The molecule has 10 heteroatoms. The molecule has 0 unspecified atom stereocenters. The molecule has 0 spiro atoms. The standard InChI is InChI=1S/C15H18BrN5O3S/c16-13-8-17-15-20-10-3-1-5-12(7-10)25(23,24)18-6-2-4-11(9-22)19-14(13)21-15/h1,3,5,7-8,11,18,22H,2,4,6,9H2,(H2,17,19,20,21)/t11-/m1/s1. The second kappa shape index (κ2) is 7.65. The Morgan fingerprint density at radius 1 is 1.36 bits per heavy atom. The van der Waals surface area contributed by atoms with Gasteiger partial charge in [0.05, 0.1) is 22.0 Å². The number of hydrogen-bond donors (Lipinski definition) is 4. The number of aliphatic hydroxyl groups is 1. The first-order valence-corrected chi connectivity index (χ1v) is 10.0. The van der Waals surface area contributed by atoms with Crippen molar-refractivity contribution >= 4 is 43.4 Å². The first kappa shape index (κ1) is 18.1. The van der Waals surface area contributed by atoms with Crippen LogP contribution in [-0.2, 0) is 10.0 Å². The summed E-state index contributed by atoms with van der Waals surface area (Å²) in [5.74, 6) is 0.882. The maximum absolute atomic E-state index is 12.4. The number of hydrogen-bond acceptors (Lipinski definition) is 7. The number of sulfonamides is 1. The van der Waals surface area contributed by atoms with E-state index in [4.69, 9.17) is 0 Å². The van der Waals surface area contributed by atoms with E-state index in [0.29, 0.717) is 34.8 Å². The lowest BCUT2D eigenvalue weighted by atomic mass is 10.1. The molecular weight excluding hydrogens is 410 g/mol. The van der Waals surface area contributed by atoms with Gasteiger partial charge in [-0.15, -0.1) is 0 Å². The van der Waals surface area contributed by atoms with E-state index in [-0.39, 0.29) is 24.1 Å². The molecule has 2 heterocycles. The number of halogens is 1. The van der Waals surface area contributed by atoms with Gasteiger partial charge in [0.15, 0.2) is 0 Å². The van der Waals surface area contributed by atoms with Crippen molar-refractivity contribution in [3.63, 3.8) is 0 Å². The van der Waals surface area contributed by atoms with E-state index in [1.54, 1.807) is 18.3 Å². The number of fused-ring (bicyclic) bond motifs is 4. The van der Waals surface area contributed by atoms with Gasteiger partial charge in [0.2, 0.25) is 16.0 Å². The predicted octanol–water partition coefficient (Wildman–Crippen LogP) is 1.83. The molecule has 1 aromatic carbocycles. The highest BCUT2D eigenvalue weighted by atomic mass is 79.9. The van der Waals surface area contributed by atoms with Crippen LogP contribution in [-0.4, -0.2) is 42.7 Å². The largest absolute Gasteiger partial charge is 0.394 e. The number of nitrogens with zero attached hydrogens (tertiary/aromatic N) is 2. The van der Waals surface area contributed by atoms with Crippen molar-refractivity contribution in [2.45, 2.75) is 23.8 Å². The van der Waals surface area contributed by atoms with Gasteiger partial charge in [-0.3, -0.25) is 0 Å². The van der Waals surface area contributed by atoms with Gasteiger partial charge in [0, 0.05) is 18.4 Å². The zero-order valence-electron chi connectivity index (χ0n) is 13.2. The van der Waals surface area contributed by atoms with Gasteiger partial charge < -0.3 is 15.7 Å². The molecule has 1 atom stereocenters. The molecule has 134 valence electrons. The van der Waals surface area contributed by atoms with E-state index in [9.17, 15) is 13.5 Å². The van der Waals surface area contributed by atoms with Crippen LogP contribution < -0.4 is 15.4 Å². The van der Waals surface area contributed by atoms with Gasteiger partial charge >= 0.3 is 0 Å². The van der Waals surface area contributed by atoms with Crippen LogP contribution in [0.2, 0.25) is 0 Å². The van der Waals surface area contributed by atoms with Crippen LogP contribution >= 0.6 is 15.9 Å². The van der Waals surface area contributed by atoms with Crippen LogP contribution in [0.5, 0.6) is 0 Å². The fourth-order valence-electron chi connectivity index (χ4n) is 2.44. The van der Waals surface area contributed by atoms with E-state index >= 15 is 0 Å². The number of rotatable bonds is 1. The molecule has 0 saturated carbocycles. The minimum atomic E-state index is -3.59. The highest BCUT2D eigenvalue weighted by molar-refractivity contribution is 9.10. The average Bonchev–Trinajstić information content (AvgIpc) is 2.60. The summed E-state index contributed by atoms with van der Waals surface area (Å²) in [6, 6.07) is 6.21. The molecule has 1 aliphatic rings. The number of aromatic nitrogens is 2. The Balaban J connectivity index is 2.00. The molecule has 0 fully saturated rings. The minimum Gasteiger partial charge on any atom is -0.394 e. The number of nitrogens with one attached hydrogen (secondary N) is 3. The zero-order valence-corrected chi connectivity index (χ0v) is 15.6. The van der Waals surface area contributed by atoms with Crippen LogP contribution in [0, 0.1) is 0 Å². The molecule has 4 bridgehead atoms. The van der Waals surface area contributed by atoms with Crippen LogP contribution in [0.4, 0.5) is 17.5 Å². The molecule has 2 aromatic rings. The lowest BCUT2D eigenvalue weighted by Gasteiger charge is -2.19. The van der Waals surface area contributed by atoms with Gasteiger partial charge in [-0.1, -0.05) is 6.07 Å². The van der Waals surface area contributed by atoms with Gasteiger partial charge in [-0.05, 0) is 47.0 Å². The molecule has 25 heavy (non-hydrogen) atoms. The smallest absolute Gasteiger partial charge is 0.240 e. The van der Waals surface area contributed by atoms with Gasteiger partial charge in [-0.25, -0.2) is 18.1 Å². The van der Waals surface area contributed by atoms with Crippen molar-refractivity contribution < 1.29 is 13.5 Å². The van der Waals surface area contributed by atoms with Gasteiger partial charge in [-0.2, -0.15) is 4.98 Å². The predicted molar refractivity (Wildman–Crippen MR) is 98.4 cm³/mol. The quantitative estimate of drug-likeness (QED) is 0.548. The molecule has 0 amide bonds. The highest BCUT2D eigenvalue weighted by Gasteiger charge is 2.17. The van der Waals surface area contributed by atoms with Gasteiger partial charge in [0.1, 0.15) is 5.82 Å². The van der Waals surface area contributed by atoms with Crippen LogP contribution in [0.3, 0.4) is 0 Å². The Kier molecular flexibility index (Phi) is 5.52. The third kappa shape index (κ3) is 4.46. The van der Waals surface area contributed by atoms with Crippen LogP contribution in [0.25, 0.3) is 0 Å². The molecule has 4 N–H and O–H groups in total. The number of aliphatic hydroxyl groups excluding tert-OH is 1. The fraction of sp³-hybridized carbons (Fsp3) is 0.333. The van der Waals surface area contributed by atoms with E-state index in [0.717, 1.165) is 0 Å². The van der Waals surface area contributed by atoms with E-state index in [2.05, 4.69) is 41.3 Å². The summed E-state index contributed by atoms with van der Waals surface area (Å²) in [7, 11) is -3.59. The Labute approximate surface area is 154 Å². The summed E-state index contributed by atoms with van der Waals surface area (Å²) in [6.07, 6.45) is 2.75. The van der Waals surface area contributed by atoms with Crippen molar-refractivity contribution in [3.05, 3.63) is 34.9 Å². The van der Waals surface area contributed by atoms with E-state index < -0.39 is 10.0 Å². The monoisotopic (exact) mass is 427 g/mol. The molecule has 1 aromatic heterocycles. The molecule has 1 aliphatic heterocycles. The molecular formula is C15H18BrN5O3S. The summed E-state index contributed by atoms with van der Waals surface area (Å²) < 4.78 is 28.0. The molecule has 0 aliphatic carbocycles. The zero-order chi connectivity index (χ0) is 17.9. The maximum Gasteiger partial charge on any atom is 0.240 e. The Morgan fingerprint density at radius 2 is 2.20 bits per heavy atom. The summed E-state index contributed by atoms with van der Waals surface area (Å²) in [5, 5.41) is 15.7. The number of benzene rings is 1. The lowest BCUT2D eigenvalue weighted by Crippen LogP contribution is -2.29. The molecule has 0 radical (unpaired) electrons. The Morgan fingerprint density at radius 3 is 3.00 bits per heavy atom. The van der Waals surface area contributed by atoms with Crippen molar-refractivity contribution in [1.82, 2.24) is 14.7 Å². The minimum absolute atomic E-state index is 0.0923. The first-order valence-electron chi connectivity index (χ1n) is 7.74. The normalized spacial score (nSPS) is 20.0. The third-order valence-corrected chi connectivity index (χ3v) is 5.77. The van der Waals surface area contributed by atoms with Crippen molar-refractivity contribution in [1.29, 1.82) is 0 Å². The summed E-state index contributed by atoms with van der Waals surface area (Å²) in [4.78, 5) is 8.74. The maximum atomic E-state index is 12.4. The molecule has 8 nitrogen and oxygen atoms in total. The van der Waals surface area contributed by atoms with Crippen molar-refractivity contribution in [2.24, 2.45) is 0 Å². The average molecular weight is 428 g/mol. The number of anilines is 3. The van der Waals surface area contributed by atoms with Crippen LogP contribution in [0.15, 0.2) is 39.8 Å². The molecule has 3 rings (SSSR count). The third-order valence-electron chi connectivity index (χ3n) is 3.73. The van der Waals surface area contributed by atoms with Crippen molar-refractivity contribution in [2.75, 3.05) is 23.8 Å². The first-order chi connectivity index (χ1) is 12.0. The SMILES string of the molecule is O=S1(=O)NCCC[C@H](CO)Nc2nc(ncc2Br)Nc2cccc1c2. The van der Waals surface area contributed by atoms with Crippen molar-refractivity contribution in [3.8, 4) is 0 Å². The fourth-order valence-corrected chi connectivity index (χ4v) is 3.86.